The molecule has 1 heterocycles. The lowest BCUT2D eigenvalue weighted by Crippen LogP contribution is -2.30. The van der Waals surface area contributed by atoms with Gasteiger partial charge >= 0.3 is 0 Å². The van der Waals surface area contributed by atoms with Crippen LogP contribution in [0.1, 0.15) is 35.1 Å². The molecule has 7 nitrogen and oxygen atoms in total. The molecule has 34 heavy (non-hydrogen) atoms. The summed E-state index contributed by atoms with van der Waals surface area (Å²) in [7, 11) is -3.84. The van der Waals surface area contributed by atoms with Gasteiger partial charge in [0.2, 0.25) is 0 Å². The maximum Gasteiger partial charge on any atom is 0.274 e. The fourth-order valence-corrected chi connectivity index (χ4v) is 6.10. The van der Waals surface area contributed by atoms with Crippen molar-refractivity contribution in [3.8, 4) is 0 Å². The topological polar surface area (TPSA) is 101 Å². The number of halogens is 1. The highest BCUT2D eigenvalue weighted by atomic mass is 35.5. The highest BCUT2D eigenvalue weighted by molar-refractivity contribution is 7.92. The van der Waals surface area contributed by atoms with E-state index in [4.69, 9.17) is 11.6 Å². The van der Waals surface area contributed by atoms with Crippen molar-refractivity contribution in [2.24, 2.45) is 5.92 Å². The van der Waals surface area contributed by atoms with E-state index in [2.05, 4.69) is 22.2 Å². The first-order valence-electron chi connectivity index (χ1n) is 10.8. The van der Waals surface area contributed by atoms with Gasteiger partial charge in [0, 0.05) is 22.7 Å². The van der Waals surface area contributed by atoms with Gasteiger partial charge in [0.1, 0.15) is 0 Å². The van der Waals surface area contributed by atoms with Gasteiger partial charge in [-0.3, -0.25) is 14.8 Å². The number of hydrogen-bond donors (Lipinski definition) is 2. The van der Waals surface area contributed by atoms with Gasteiger partial charge in [-0.05, 0) is 60.7 Å². The molecule has 0 saturated carbocycles. The number of benzene rings is 3. The number of nitro benzene ring substituents is 1. The standard InChI is InChI=1S/C25H22ClN3O4S/c1-15-9-10-16(13-22(15)26)28-34(32,33)17-11-12-23-21(14-17)18-6-4-7-19(18)25(27-23)20-5-2-3-8-24(20)29(30)31/h2-6,8-14,18-19,25,27-28H,7H2,1H3/t18-,19+,25-/m0/s1. The third-order valence-corrected chi connectivity index (χ3v) is 8.32. The lowest BCUT2D eigenvalue weighted by Gasteiger charge is -2.37. The monoisotopic (exact) mass is 495 g/mol. The number of hydrogen-bond acceptors (Lipinski definition) is 5. The van der Waals surface area contributed by atoms with Gasteiger partial charge in [-0.15, -0.1) is 0 Å². The quantitative estimate of drug-likeness (QED) is 0.250. The Balaban J connectivity index is 1.50. The van der Waals surface area contributed by atoms with Crippen LogP contribution < -0.4 is 10.0 Å². The van der Waals surface area contributed by atoms with Crippen molar-refractivity contribution >= 4 is 38.7 Å². The van der Waals surface area contributed by atoms with Crippen LogP contribution in [0.2, 0.25) is 5.02 Å². The van der Waals surface area contributed by atoms with Crippen molar-refractivity contribution in [3.05, 3.63) is 105 Å². The van der Waals surface area contributed by atoms with Crippen molar-refractivity contribution in [3.63, 3.8) is 0 Å². The Morgan fingerprint density at radius 3 is 2.65 bits per heavy atom. The highest BCUT2D eigenvalue weighted by Crippen LogP contribution is 2.51. The molecule has 0 spiro atoms. The van der Waals surface area contributed by atoms with E-state index in [1.165, 1.54) is 6.07 Å². The fraction of sp³-hybridized carbons (Fsp3) is 0.200. The molecule has 0 aromatic heterocycles. The zero-order valence-electron chi connectivity index (χ0n) is 18.2. The molecule has 0 amide bonds. The van der Waals surface area contributed by atoms with Crippen LogP contribution >= 0.6 is 11.6 Å². The number of allylic oxidation sites excluding steroid dienone is 2. The van der Waals surface area contributed by atoms with Gasteiger partial charge in [0.15, 0.2) is 0 Å². The Hall–Kier alpha value is -3.36. The van der Waals surface area contributed by atoms with Crippen molar-refractivity contribution in [2.75, 3.05) is 10.0 Å². The number of aryl methyl sites for hydroxylation is 1. The summed E-state index contributed by atoms with van der Waals surface area (Å²) >= 11 is 6.15. The van der Waals surface area contributed by atoms with Crippen molar-refractivity contribution in [2.45, 2.75) is 30.2 Å². The average molecular weight is 496 g/mol. The summed E-state index contributed by atoms with van der Waals surface area (Å²) in [6.07, 6.45) is 4.86. The summed E-state index contributed by atoms with van der Waals surface area (Å²) in [6, 6.07) is 16.5. The van der Waals surface area contributed by atoms with Crippen LogP contribution in [0.15, 0.2) is 77.7 Å². The van der Waals surface area contributed by atoms with Crippen LogP contribution in [-0.2, 0) is 10.0 Å². The molecule has 0 fully saturated rings. The normalized spacial score (nSPS) is 20.8. The molecule has 0 saturated heterocycles. The number of fused-ring (bicyclic) bond motifs is 3. The van der Waals surface area contributed by atoms with E-state index in [-0.39, 0.29) is 33.4 Å². The molecule has 0 unspecified atom stereocenters. The van der Waals surface area contributed by atoms with Crippen LogP contribution in [0.5, 0.6) is 0 Å². The third-order valence-electron chi connectivity index (χ3n) is 6.54. The third kappa shape index (κ3) is 3.93. The van der Waals surface area contributed by atoms with Crippen LogP contribution in [0.3, 0.4) is 0 Å². The average Bonchev–Trinajstić information content (AvgIpc) is 3.31. The predicted molar refractivity (Wildman–Crippen MR) is 133 cm³/mol. The number of rotatable bonds is 5. The number of nitrogens with one attached hydrogen (secondary N) is 2. The summed E-state index contributed by atoms with van der Waals surface area (Å²) in [6.45, 7) is 1.85. The van der Waals surface area contributed by atoms with E-state index < -0.39 is 10.0 Å². The van der Waals surface area contributed by atoms with Gasteiger partial charge in [-0.25, -0.2) is 8.42 Å². The highest BCUT2D eigenvalue weighted by Gasteiger charge is 2.40. The lowest BCUT2D eigenvalue weighted by atomic mass is 9.76. The minimum absolute atomic E-state index is 0.0374. The van der Waals surface area contributed by atoms with E-state index >= 15 is 0 Å². The Labute approximate surface area is 202 Å². The first kappa shape index (κ1) is 22.4. The molecule has 3 aromatic carbocycles. The Kier molecular flexibility index (Phi) is 5.58. The number of sulfonamides is 1. The molecule has 0 bridgehead atoms. The molecule has 1 aliphatic carbocycles. The molecule has 2 aliphatic rings. The van der Waals surface area contributed by atoms with Gasteiger partial charge in [-0.2, -0.15) is 0 Å². The fourth-order valence-electron chi connectivity index (χ4n) is 4.83. The maximum atomic E-state index is 13.1. The zero-order chi connectivity index (χ0) is 24.0. The Morgan fingerprint density at radius 2 is 1.88 bits per heavy atom. The van der Waals surface area contributed by atoms with Gasteiger partial charge < -0.3 is 5.32 Å². The number of para-hydroxylation sites is 1. The summed E-state index contributed by atoms with van der Waals surface area (Å²) in [5, 5.41) is 15.6. The molecule has 1 aliphatic heterocycles. The van der Waals surface area contributed by atoms with Crippen LogP contribution in [0, 0.1) is 23.0 Å². The van der Waals surface area contributed by atoms with Crippen LogP contribution in [-0.4, -0.2) is 13.3 Å². The zero-order valence-corrected chi connectivity index (χ0v) is 19.8. The maximum absolute atomic E-state index is 13.1. The van der Waals surface area contributed by atoms with E-state index in [1.807, 2.05) is 6.92 Å². The predicted octanol–water partition coefficient (Wildman–Crippen LogP) is 6.18. The van der Waals surface area contributed by atoms with Gasteiger partial charge in [0.25, 0.3) is 15.7 Å². The van der Waals surface area contributed by atoms with Crippen molar-refractivity contribution in [1.82, 2.24) is 0 Å². The number of nitrogens with zero attached hydrogens (tertiary/aromatic N) is 1. The first-order chi connectivity index (χ1) is 16.2. The summed E-state index contributed by atoms with van der Waals surface area (Å²) in [4.78, 5) is 11.4. The van der Waals surface area contributed by atoms with Gasteiger partial charge in [-0.1, -0.05) is 48.0 Å². The van der Waals surface area contributed by atoms with Crippen LogP contribution in [0.25, 0.3) is 0 Å². The van der Waals surface area contributed by atoms with E-state index in [0.717, 1.165) is 23.2 Å². The lowest BCUT2D eigenvalue weighted by molar-refractivity contribution is -0.385. The molecule has 5 rings (SSSR count). The molecule has 0 radical (unpaired) electrons. The van der Waals surface area contributed by atoms with E-state index in [1.54, 1.807) is 54.6 Å². The molecular formula is C25H22ClN3O4S. The van der Waals surface area contributed by atoms with E-state index in [9.17, 15) is 18.5 Å². The smallest absolute Gasteiger partial charge is 0.274 e. The SMILES string of the molecule is Cc1ccc(NS(=O)(=O)c2ccc3c(c2)[C@H]2C=CC[C@H]2[C@@H](c2ccccc2[N+](=O)[O-])N3)cc1Cl. The first-order valence-corrected chi connectivity index (χ1v) is 12.7. The molecule has 2 N–H and O–H groups in total. The Bertz CT molecular complexity index is 1440. The molecular weight excluding hydrogens is 474 g/mol. The van der Waals surface area contributed by atoms with Crippen molar-refractivity contribution in [1.29, 1.82) is 0 Å². The molecule has 3 aromatic rings. The molecule has 9 heteroatoms. The summed E-state index contributed by atoms with van der Waals surface area (Å²) < 4.78 is 28.8. The minimum atomic E-state index is -3.84. The number of anilines is 2. The largest absolute Gasteiger partial charge is 0.377 e. The number of nitro groups is 1. The second-order valence-corrected chi connectivity index (χ2v) is 10.7. The van der Waals surface area contributed by atoms with E-state index in [0.29, 0.717) is 16.3 Å². The Morgan fingerprint density at radius 1 is 1.09 bits per heavy atom. The summed E-state index contributed by atoms with van der Waals surface area (Å²) in [5.41, 5.74) is 3.59. The van der Waals surface area contributed by atoms with Crippen molar-refractivity contribution < 1.29 is 13.3 Å². The van der Waals surface area contributed by atoms with Crippen LogP contribution in [0.4, 0.5) is 17.1 Å². The molecule has 3 atom stereocenters. The minimum Gasteiger partial charge on any atom is -0.377 e. The van der Waals surface area contributed by atoms with Gasteiger partial charge in [0.05, 0.1) is 27.1 Å². The molecule has 174 valence electrons. The second kappa shape index (κ2) is 8.45. The second-order valence-electron chi connectivity index (χ2n) is 8.61. The summed E-state index contributed by atoms with van der Waals surface area (Å²) in [5.74, 6) is -0.0135.